The van der Waals surface area contributed by atoms with E-state index in [0.717, 1.165) is 11.8 Å². The molecule has 5 nitrogen and oxygen atoms in total. The Hall–Kier alpha value is -1.18. The molecule has 0 radical (unpaired) electrons. The smallest absolute Gasteiger partial charge is 0.211 e. The Morgan fingerprint density at radius 2 is 2.14 bits per heavy atom. The average Bonchev–Trinajstić information content (AvgIpc) is 2.81. The first kappa shape index (κ1) is 16.2. The lowest BCUT2D eigenvalue weighted by Gasteiger charge is -2.15. The van der Waals surface area contributed by atoms with Gasteiger partial charge in [0.25, 0.3) is 0 Å². The topological polar surface area (TPSA) is 66.8 Å². The number of fused-ring (bicyclic) bond motifs is 1. The summed E-state index contributed by atoms with van der Waals surface area (Å²) in [6, 6.07) is 3.09. The maximum atomic E-state index is 14.0. The molecule has 0 amide bonds. The molecule has 0 spiro atoms. The van der Waals surface area contributed by atoms with Crippen LogP contribution in [0.2, 0.25) is 0 Å². The third-order valence-corrected chi connectivity index (χ3v) is 5.08. The SMILES string of the molecule is CN(CCOc1cc(F)c2c(c1)CC(CO)C2)S(C)(=O)=O. The van der Waals surface area contributed by atoms with Crippen molar-refractivity contribution in [3.05, 3.63) is 29.1 Å². The molecule has 0 saturated heterocycles. The number of rotatable bonds is 6. The number of ether oxygens (including phenoxy) is 1. The van der Waals surface area contributed by atoms with Crippen molar-refractivity contribution < 1.29 is 22.7 Å². The van der Waals surface area contributed by atoms with E-state index >= 15 is 0 Å². The minimum atomic E-state index is -3.23. The van der Waals surface area contributed by atoms with Gasteiger partial charge >= 0.3 is 0 Å². The number of likely N-dealkylation sites (N-methyl/N-ethyl adjacent to an activating group) is 1. The molecule has 0 bridgehead atoms. The van der Waals surface area contributed by atoms with Gasteiger partial charge in [-0.25, -0.2) is 17.1 Å². The van der Waals surface area contributed by atoms with Crippen LogP contribution < -0.4 is 4.74 Å². The lowest BCUT2D eigenvalue weighted by Crippen LogP contribution is -2.29. The van der Waals surface area contributed by atoms with Crippen molar-refractivity contribution in [1.29, 1.82) is 0 Å². The Bertz CT molecular complexity index is 618. The van der Waals surface area contributed by atoms with Gasteiger partial charge in [-0.3, -0.25) is 0 Å². The van der Waals surface area contributed by atoms with E-state index in [9.17, 15) is 12.8 Å². The fourth-order valence-electron chi connectivity index (χ4n) is 2.42. The maximum absolute atomic E-state index is 14.0. The van der Waals surface area contributed by atoms with Crippen molar-refractivity contribution in [1.82, 2.24) is 4.31 Å². The van der Waals surface area contributed by atoms with Crippen LogP contribution in [-0.2, 0) is 22.9 Å². The lowest BCUT2D eigenvalue weighted by atomic mass is 10.1. The zero-order valence-electron chi connectivity index (χ0n) is 12.2. The summed E-state index contributed by atoms with van der Waals surface area (Å²) < 4.78 is 43.1. The molecule has 1 aromatic rings. The number of aliphatic hydroxyl groups is 1. The summed E-state index contributed by atoms with van der Waals surface area (Å²) in [4.78, 5) is 0. The summed E-state index contributed by atoms with van der Waals surface area (Å²) in [5, 5.41) is 9.16. The van der Waals surface area contributed by atoms with E-state index in [4.69, 9.17) is 9.84 Å². The Balaban J connectivity index is 1.99. The van der Waals surface area contributed by atoms with Crippen molar-refractivity contribution in [2.45, 2.75) is 12.8 Å². The van der Waals surface area contributed by atoms with Crippen LogP contribution in [0.4, 0.5) is 4.39 Å². The molecule has 1 aromatic carbocycles. The molecular weight excluding hydrogens is 297 g/mol. The van der Waals surface area contributed by atoms with Crippen LogP contribution in [0.5, 0.6) is 5.75 Å². The van der Waals surface area contributed by atoms with E-state index in [2.05, 4.69) is 0 Å². The molecule has 1 unspecified atom stereocenters. The molecule has 1 atom stereocenters. The largest absolute Gasteiger partial charge is 0.492 e. The summed E-state index contributed by atoms with van der Waals surface area (Å²) >= 11 is 0. The summed E-state index contributed by atoms with van der Waals surface area (Å²) in [6.07, 6.45) is 2.31. The van der Waals surface area contributed by atoms with E-state index in [0.29, 0.717) is 24.2 Å². The van der Waals surface area contributed by atoms with Gasteiger partial charge in [0, 0.05) is 26.3 Å². The number of sulfonamides is 1. The molecule has 7 heteroatoms. The van der Waals surface area contributed by atoms with E-state index in [-0.39, 0.29) is 31.5 Å². The molecule has 0 aromatic heterocycles. The second kappa shape index (κ2) is 6.29. The number of aliphatic hydroxyl groups excluding tert-OH is 1. The predicted octanol–water partition coefficient (Wildman–Crippen LogP) is 0.803. The number of nitrogens with zero attached hydrogens (tertiary/aromatic N) is 1. The van der Waals surface area contributed by atoms with Gasteiger partial charge in [-0.2, -0.15) is 0 Å². The van der Waals surface area contributed by atoms with Crippen molar-refractivity contribution in [2.75, 3.05) is 33.1 Å². The predicted molar refractivity (Wildman–Crippen MR) is 77.4 cm³/mol. The summed E-state index contributed by atoms with van der Waals surface area (Å²) in [5.74, 6) is 0.141. The third kappa shape index (κ3) is 3.93. The molecule has 1 aliphatic rings. The van der Waals surface area contributed by atoms with Crippen LogP contribution >= 0.6 is 0 Å². The maximum Gasteiger partial charge on any atom is 0.211 e. The Morgan fingerprint density at radius 3 is 2.76 bits per heavy atom. The van der Waals surface area contributed by atoms with Gasteiger partial charge in [0.05, 0.1) is 6.26 Å². The van der Waals surface area contributed by atoms with E-state index in [1.165, 1.54) is 17.4 Å². The zero-order valence-corrected chi connectivity index (χ0v) is 13.0. The molecular formula is C14H20FNO4S. The fraction of sp³-hybridized carbons (Fsp3) is 0.571. The number of benzene rings is 1. The summed E-state index contributed by atoms with van der Waals surface area (Å²) in [6.45, 7) is 0.408. The van der Waals surface area contributed by atoms with Crippen LogP contribution in [0, 0.1) is 11.7 Å². The molecule has 0 aliphatic heterocycles. The van der Waals surface area contributed by atoms with Crippen LogP contribution in [0.3, 0.4) is 0 Å². The highest BCUT2D eigenvalue weighted by Crippen LogP contribution is 2.32. The Kier molecular flexibility index (Phi) is 4.85. The van der Waals surface area contributed by atoms with Crippen molar-refractivity contribution >= 4 is 10.0 Å². The van der Waals surface area contributed by atoms with Crippen LogP contribution in [0.15, 0.2) is 12.1 Å². The molecule has 1 aliphatic carbocycles. The first-order valence-electron chi connectivity index (χ1n) is 6.77. The van der Waals surface area contributed by atoms with Gasteiger partial charge < -0.3 is 9.84 Å². The molecule has 118 valence electrons. The second-order valence-corrected chi connectivity index (χ2v) is 7.52. The number of hydrogen-bond acceptors (Lipinski definition) is 4. The molecule has 0 saturated carbocycles. The first-order valence-corrected chi connectivity index (χ1v) is 8.62. The normalized spacial score (nSPS) is 18.0. The highest BCUT2D eigenvalue weighted by atomic mass is 32.2. The quantitative estimate of drug-likeness (QED) is 0.843. The second-order valence-electron chi connectivity index (χ2n) is 5.43. The Labute approximate surface area is 124 Å². The van der Waals surface area contributed by atoms with E-state index < -0.39 is 10.0 Å². The summed E-state index contributed by atoms with van der Waals surface area (Å²) in [5.41, 5.74) is 1.51. The minimum absolute atomic E-state index is 0.0451. The Morgan fingerprint density at radius 1 is 1.43 bits per heavy atom. The zero-order chi connectivity index (χ0) is 15.6. The van der Waals surface area contributed by atoms with Gasteiger partial charge in [-0.15, -0.1) is 0 Å². The highest BCUT2D eigenvalue weighted by molar-refractivity contribution is 7.88. The van der Waals surface area contributed by atoms with Crippen molar-refractivity contribution in [3.63, 3.8) is 0 Å². The fourth-order valence-corrected chi connectivity index (χ4v) is 2.82. The van der Waals surface area contributed by atoms with Gasteiger partial charge in [-0.1, -0.05) is 0 Å². The van der Waals surface area contributed by atoms with Gasteiger partial charge in [0.2, 0.25) is 10.0 Å². The lowest BCUT2D eigenvalue weighted by molar-refractivity contribution is 0.232. The van der Waals surface area contributed by atoms with Gasteiger partial charge in [-0.05, 0) is 36.0 Å². The minimum Gasteiger partial charge on any atom is -0.492 e. The third-order valence-electron chi connectivity index (χ3n) is 3.76. The van der Waals surface area contributed by atoms with Gasteiger partial charge in [0.15, 0.2) is 0 Å². The number of halogens is 1. The highest BCUT2D eigenvalue weighted by Gasteiger charge is 2.24. The van der Waals surface area contributed by atoms with Crippen molar-refractivity contribution in [2.24, 2.45) is 5.92 Å². The monoisotopic (exact) mass is 317 g/mol. The standard InChI is InChI=1S/C14H20FNO4S/c1-16(21(2,18)19)3-4-20-12-7-11-5-10(9-17)6-13(11)14(15)8-12/h7-8,10,17H,3-6,9H2,1-2H3. The average molecular weight is 317 g/mol. The molecule has 0 fully saturated rings. The molecule has 2 rings (SSSR count). The van der Waals surface area contributed by atoms with E-state index in [1.54, 1.807) is 6.07 Å². The van der Waals surface area contributed by atoms with E-state index in [1.807, 2.05) is 0 Å². The molecule has 1 N–H and O–H groups in total. The molecule has 21 heavy (non-hydrogen) atoms. The number of hydrogen-bond donors (Lipinski definition) is 1. The van der Waals surface area contributed by atoms with Crippen molar-refractivity contribution in [3.8, 4) is 5.75 Å². The molecule has 0 heterocycles. The van der Waals surface area contributed by atoms with Gasteiger partial charge in [0.1, 0.15) is 18.2 Å². The van der Waals surface area contributed by atoms with Crippen LogP contribution in [0.1, 0.15) is 11.1 Å². The summed E-state index contributed by atoms with van der Waals surface area (Å²) in [7, 11) is -1.77. The van der Waals surface area contributed by atoms with Crippen LogP contribution in [-0.4, -0.2) is 50.9 Å². The first-order chi connectivity index (χ1) is 9.81. The van der Waals surface area contributed by atoms with Crippen LogP contribution in [0.25, 0.3) is 0 Å².